The molecule has 1 atom stereocenters. The van der Waals surface area contributed by atoms with Gasteiger partial charge in [-0.2, -0.15) is 0 Å². The molecule has 2 nitrogen and oxygen atoms in total. The number of rotatable bonds is 4. The van der Waals surface area contributed by atoms with Gasteiger partial charge in [-0.1, -0.05) is 34.5 Å². The van der Waals surface area contributed by atoms with E-state index in [1.165, 1.54) is 4.88 Å². The number of aromatic nitrogens is 1. The molecule has 0 amide bonds. The van der Waals surface area contributed by atoms with Gasteiger partial charge < -0.3 is 5.32 Å². The molecule has 0 radical (unpaired) electrons. The van der Waals surface area contributed by atoms with Gasteiger partial charge in [0.1, 0.15) is 5.01 Å². The summed E-state index contributed by atoms with van der Waals surface area (Å²) in [5.74, 6) is 0. The summed E-state index contributed by atoms with van der Waals surface area (Å²) in [6, 6.07) is 6.23. The van der Waals surface area contributed by atoms with Gasteiger partial charge in [-0.3, -0.25) is 0 Å². The molecule has 5 heteroatoms. The molecule has 0 spiro atoms. The van der Waals surface area contributed by atoms with Gasteiger partial charge in [-0.05, 0) is 38.6 Å². The van der Waals surface area contributed by atoms with Crippen LogP contribution in [0.5, 0.6) is 0 Å². The van der Waals surface area contributed by atoms with Gasteiger partial charge in [0, 0.05) is 21.0 Å². The van der Waals surface area contributed by atoms with Crippen LogP contribution >= 0.6 is 38.9 Å². The van der Waals surface area contributed by atoms with Gasteiger partial charge >= 0.3 is 0 Å². The molecule has 0 saturated heterocycles. The third kappa shape index (κ3) is 3.37. The highest BCUT2D eigenvalue weighted by molar-refractivity contribution is 9.10. The zero-order valence-corrected chi connectivity index (χ0v) is 14.3. The van der Waals surface area contributed by atoms with E-state index in [2.05, 4.69) is 47.0 Å². The fourth-order valence-electron chi connectivity index (χ4n) is 1.99. The molecular weight excluding hydrogens is 344 g/mol. The van der Waals surface area contributed by atoms with Gasteiger partial charge in [0.2, 0.25) is 0 Å². The highest BCUT2D eigenvalue weighted by Gasteiger charge is 2.16. The Morgan fingerprint density at radius 2 is 2.21 bits per heavy atom. The van der Waals surface area contributed by atoms with E-state index in [0.717, 1.165) is 32.3 Å². The maximum Gasteiger partial charge on any atom is 0.125 e. The number of thiazole rings is 1. The minimum absolute atomic E-state index is 0.325. The average Bonchev–Trinajstić information content (AvgIpc) is 2.71. The molecule has 1 aromatic carbocycles. The summed E-state index contributed by atoms with van der Waals surface area (Å²) < 4.78 is 0.982. The average molecular weight is 360 g/mol. The van der Waals surface area contributed by atoms with E-state index < -0.39 is 0 Å². The Hall–Kier alpha value is -0.420. The van der Waals surface area contributed by atoms with Crippen molar-refractivity contribution in [3.8, 4) is 10.6 Å². The Balaban J connectivity index is 2.39. The minimum atomic E-state index is 0.325. The van der Waals surface area contributed by atoms with Gasteiger partial charge in [-0.15, -0.1) is 11.3 Å². The zero-order chi connectivity index (χ0) is 14.0. The Bertz CT molecular complexity index is 583. The first-order valence-corrected chi connectivity index (χ1v) is 8.17. The Morgan fingerprint density at radius 1 is 1.47 bits per heavy atom. The Kier molecular flexibility index (Phi) is 5.01. The van der Waals surface area contributed by atoms with E-state index in [0.29, 0.717) is 6.04 Å². The first kappa shape index (κ1) is 15.0. The number of nitrogens with one attached hydrogen (secondary N) is 1. The Labute approximate surface area is 131 Å². The minimum Gasteiger partial charge on any atom is -0.310 e. The second-order valence-electron chi connectivity index (χ2n) is 4.37. The van der Waals surface area contributed by atoms with Crippen molar-refractivity contribution < 1.29 is 0 Å². The molecule has 0 bridgehead atoms. The standard InChI is InChI=1S/C14H16BrClN2S/c1-4-17-8(2)13-9(3)18-14(19-13)11-6-5-10(15)7-12(11)16/h5-8,17H,4H2,1-3H3. The SMILES string of the molecule is CCNC(C)c1sc(-c2ccc(Br)cc2Cl)nc1C. The summed E-state index contributed by atoms with van der Waals surface area (Å²) in [5, 5.41) is 5.13. The largest absolute Gasteiger partial charge is 0.310 e. The van der Waals surface area contributed by atoms with E-state index in [9.17, 15) is 0 Å². The van der Waals surface area contributed by atoms with Crippen molar-refractivity contribution in [1.82, 2.24) is 10.3 Å². The number of halogens is 2. The van der Waals surface area contributed by atoms with Crippen LogP contribution in [0.15, 0.2) is 22.7 Å². The summed E-state index contributed by atoms with van der Waals surface area (Å²) in [6.07, 6.45) is 0. The molecule has 2 aromatic rings. The van der Waals surface area contributed by atoms with Crippen molar-refractivity contribution in [2.24, 2.45) is 0 Å². The summed E-state index contributed by atoms with van der Waals surface area (Å²) >= 11 is 11.4. The molecule has 1 unspecified atom stereocenters. The van der Waals surface area contributed by atoms with Crippen LogP contribution in [0.3, 0.4) is 0 Å². The lowest BCUT2D eigenvalue weighted by atomic mass is 10.2. The van der Waals surface area contributed by atoms with E-state index >= 15 is 0 Å². The van der Waals surface area contributed by atoms with Crippen molar-refractivity contribution in [1.29, 1.82) is 0 Å². The number of nitrogens with zero attached hydrogens (tertiary/aromatic N) is 1. The van der Waals surface area contributed by atoms with Crippen LogP contribution in [0.2, 0.25) is 5.02 Å². The molecule has 102 valence electrons. The van der Waals surface area contributed by atoms with Crippen LogP contribution < -0.4 is 5.32 Å². The quantitative estimate of drug-likeness (QED) is 0.811. The van der Waals surface area contributed by atoms with Gasteiger partial charge in [0.15, 0.2) is 0 Å². The second-order valence-corrected chi connectivity index (χ2v) is 6.73. The molecular formula is C14H16BrClN2S. The fourth-order valence-corrected chi connectivity index (χ4v) is 3.94. The first-order chi connectivity index (χ1) is 9.02. The van der Waals surface area contributed by atoms with E-state index in [-0.39, 0.29) is 0 Å². The number of hydrogen-bond acceptors (Lipinski definition) is 3. The molecule has 1 aromatic heterocycles. The van der Waals surface area contributed by atoms with Crippen LogP contribution in [0, 0.1) is 6.92 Å². The van der Waals surface area contributed by atoms with Crippen molar-refractivity contribution >= 4 is 38.9 Å². The maximum atomic E-state index is 6.29. The molecule has 2 rings (SSSR count). The smallest absolute Gasteiger partial charge is 0.125 e. The van der Waals surface area contributed by atoms with Crippen LogP contribution in [0.4, 0.5) is 0 Å². The zero-order valence-electron chi connectivity index (χ0n) is 11.1. The predicted octanol–water partition coefficient (Wildman–Crippen LogP) is 5.20. The van der Waals surface area contributed by atoms with Crippen molar-refractivity contribution in [3.63, 3.8) is 0 Å². The molecule has 1 heterocycles. The summed E-state index contributed by atoms with van der Waals surface area (Å²) in [7, 11) is 0. The molecule has 19 heavy (non-hydrogen) atoms. The lowest BCUT2D eigenvalue weighted by Gasteiger charge is -2.09. The van der Waals surface area contributed by atoms with Crippen LogP contribution in [0.25, 0.3) is 10.6 Å². The van der Waals surface area contributed by atoms with Crippen LogP contribution in [-0.2, 0) is 0 Å². The monoisotopic (exact) mass is 358 g/mol. The van der Waals surface area contributed by atoms with Gasteiger partial charge in [0.05, 0.1) is 10.7 Å². The number of aryl methyl sites for hydroxylation is 1. The third-order valence-corrected chi connectivity index (χ3v) is 5.08. The first-order valence-electron chi connectivity index (χ1n) is 6.19. The number of hydrogen-bond donors (Lipinski definition) is 1. The molecule has 0 saturated carbocycles. The molecule has 0 fully saturated rings. The Morgan fingerprint density at radius 3 is 2.84 bits per heavy atom. The highest BCUT2D eigenvalue weighted by atomic mass is 79.9. The molecule has 1 N–H and O–H groups in total. The van der Waals surface area contributed by atoms with Crippen molar-refractivity contribution in [3.05, 3.63) is 38.3 Å². The van der Waals surface area contributed by atoms with Crippen LogP contribution in [0.1, 0.15) is 30.5 Å². The van der Waals surface area contributed by atoms with Crippen molar-refractivity contribution in [2.45, 2.75) is 26.8 Å². The van der Waals surface area contributed by atoms with Crippen LogP contribution in [-0.4, -0.2) is 11.5 Å². The topological polar surface area (TPSA) is 24.9 Å². The summed E-state index contributed by atoms with van der Waals surface area (Å²) in [6.45, 7) is 7.28. The van der Waals surface area contributed by atoms with Gasteiger partial charge in [0.25, 0.3) is 0 Å². The van der Waals surface area contributed by atoms with E-state index in [1.54, 1.807) is 11.3 Å². The normalized spacial score (nSPS) is 12.7. The second kappa shape index (κ2) is 6.35. The van der Waals surface area contributed by atoms with E-state index in [4.69, 9.17) is 11.6 Å². The molecule has 0 aliphatic rings. The third-order valence-electron chi connectivity index (χ3n) is 2.90. The maximum absolute atomic E-state index is 6.29. The lowest BCUT2D eigenvalue weighted by Crippen LogP contribution is -2.17. The number of benzene rings is 1. The molecule has 0 aliphatic carbocycles. The fraction of sp³-hybridized carbons (Fsp3) is 0.357. The highest BCUT2D eigenvalue weighted by Crippen LogP contribution is 2.36. The molecule has 0 aliphatic heterocycles. The van der Waals surface area contributed by atoms with Crippen molar-refractivity contribution in [2.75, 3.05) is 6.54 Å². The lowest BCUT2D eigenvalue weighted by molar-refractivity contribution is 0.603. The summed E-state index contributed by atoms with van der Waals surface area (Å²) in [4.78, 5) is 5.93. The predicted molar refractivity (Wildman–Crippen MR) is 87.1 cm³/mol. The van der Waals surface area contributed by atoms with Gasteiger partial charge in [-0.25, -0.2) is 4.98 Å². The summed E-state index contributed by atoms with van der Waals surface area (Å²) in [5.41, 5.74) is 2.07. The van der Waals surface area contributed by atoms with E-state index in [1.807, 2.05) is 18.2 Å².